The second-order valence-corrected chi connectivity index (χ2v) is 4.75. The quantitative estimate of drug-likeness (QED) is 0.908. The molecule has 0 radical (unpaired) electrons. The van der Waals surface area contributed by atoms with E-state index in [1.165, 1.54) is 23.5 Å². The van der Waals surface area contributed by atoms with Crippen molar-refractivity contribution < 1.29 is 13.2 Å². The number of halogens is 3. The lowest BCUT2D eigenvalue weighted by Crippen LogP contribution is -2.18. The number of nitrogens with two attached hydrogens (primary N) is 1. The van der Waals surface area contributed by atoms with Gasteiger partial charge in [0, 0.05) is 4.88 Å². The van der Waals surface area contributed by atoms with Gasteiger partial charge in [-0.3, -0.25) is 0 Å². The largest absolute Gasteiger partial charge is 0.416 e. The summed E-state index contributed by atoms with van der Waals surface area (Å²) in [5.74, 6) is 0. The summed E-state index contributed by atoms with van der Waals surface area (Å²) in [4.78, 5) is 4.67. The topological polar surface area (TPSA) is 38.9 Å². The van der Waals surface area contributed by atoms with Crippen LogP contribution in [0, 0.1) is 6.92 Å². The predicted octanol–water partition coefficient (Wildman–Crippen LogP) is 3.52. The molecule has 2 nitrogen and oxygen atoms in total. The summed E-state index contributed by atoms with van der Waals surface area (Å²) in [6.45, 7) is 1.74. The second kappa shape index (κ2) is 4.70. The third-order valence-electron chi connectivity index (χ3n) is 2.67. The summed E-state index contributed by atoms with van der Waals surface area (Å²) < 4.78 is 38.6. The van der Waals surface area contributed by atoms with Crippen LogP contribution in [0.2, 0.25) is 0 Å². The Bertz CT molecular complexity index is 548. The molecule has 1 aromatic carbocycles. The number of hydrogen-bond donors (Lipinski definition) is 1. The van der Waals surface area contributed by atoms with Gasteiger partial charge in [-0.25, -0.2) is 4.98 Å². The molecule has 0 bridgehead atoms. The molecular formula is C12H11F3N2S. The molecule has 0 spiro atoms. The summed E-state index contributed by atoms with van der Waals surface area (Å²) in [5, 5.41) is 0. The Morgan fingerprint density at radius 2 is 1.94 bits per heavy atom. The highest BCUT2D eigenvalue weighted by atomic mass is 32.1. The van der Waals surface area contributed by atoms with Crippen LogP contribution < -0.4 is 5.73 Å². The van der Waals surface area contributed by atoms with Crippen LogP contribution in [-0.4, -0.2) is 4.98 Å². The van der Waals surface area contributed by atoms with E-state index in [2.05, 4.69) is 4.98 Å². The van der Waals surface area contributed by atoms with Crippen LogP contribution >= 0.6 is 11.3 Å². The summed E-state index contributed by atoms with van der Waals surface area (Å²) in [6, 6.07) is 4.58. The fraction of sp³-hybridized carbons (Fsp3) is 0.250. The maximum Gasteiger partial charge on any atom is 0.416 e. The first-order chi connectivity index (χ1) is 8.41. The van der Waals surface area contributed by atoms with Gasteiger partial charge in [-0.1, -0.05) is 18.2 Å². The first-order valence-electron chi connectivity index (χ1n) is 5.23. The molecule has 0 aliphatic carbocycles. The average Bonchev–Trinajstić information content (AvgIpc) is 2.73. The van der Waals surface area contributed by atoms with Crippen molar-refractivity contribution in [3.63, 3.8) is 0 Å². The first-order valence-corrected chi connectivity index (χ1v) is 6.11. The minimum absolute atomic E-state index is 0.0809. The van der Waals surface area contributed by atoms with E-state index in [0.29, 0.717) is 10.6 Å². The zero-order chi connectivity index (χ0) is 13.3. The molecule has 1 heterocycles. The Morgan fingerprint density at radius 1 is 1.28 bits per heavy atom. The van der Waals surface area contributed by atoms with E-state index >= 15 is 0 Å². The van der Waals surface area contributed by atoms with Gasteiger partial charge in [-0.05, 0) is 18.6 Å². The summed E-state index contributed by atoms with van der Waals surface area (Å²) in [5.41, 5.74) is 7.58. The van der Waals surface area contributed by atoms with Gasteiger partial charge in [-0.2, -0.15) is 13.2 Å². The van der Waals surface area contributed by atoms with Crippen molar-refractivity contribution in [1.29, 1.82) is 0 Å². The smallest absolute Gasteiger partial charge is 0.320 e. The number of thiazole rings is 1. The van der Waals surface area contributed by atoms with Crippen molar-refractivity contribution in [2.24, 2.45) is 5.73 Å². The van der Waals surface area contributed by atoms with Crippen LogP contribution in [0.25, 0.3) is 0 Å². The van der Waals surface area contributed by atoms with E-state index in [0.717, 1.165) is 6.07 Å². The minimum atomic E-state index is -4.40. The van der Waals surface area contributed by atoms with Crippen molar-refractivity contribution in [1.82, 2.24) is 4.98 Å². The number of hydrogen-bond acceptors (Lipinski definition) is 3. The summed E-state index contributed by atoms with van der Waals surface area (Å²) in [6.07, 6.45) is -4.40. The highest BCUT2D eigenvalue weighted by Crippen LogP contribution is 2.36. The van der Waals surface area contributed by atoms with Crippen LogP contribution in [0.3, 0.4) is 0 Å². The molecule has 0 fully saturated rings. The lowest BCUT2D eigenvalue weighted by molar-refractivity contribution is -0.138. The van der Waals surface area contributed by atoms with E-state index in [1.807, 2.05) is 0 Å². The Balaban J connectivity index is 2.49. The molecule has 6 heteroatoms. The third kappa shape index (κ3) is 2.39. The molecule has 0 aliphatic rings. The van der Waals surface area contributed by atoms with Crippen molar-refractivity contribution >= 4 is 11.3 Å². The number of alkyl halides is 3. The maximum atomic E-state index is 12.9. The Morgan fingerprint density at radius 3 is 2.50 bits per heavy atom. The number of nitrogens with zero attached hydrogens (tertiary/aromatic N) is 1. The molecule has 0 amide bonds. The zero-order valence-corrected chi connectivity index (χ0v) is 10.3. The van der Waals surface area contributed by atoms with Crippen molar-refractivity contribution in [2.75, 3.05) is 0 Å². The van der Waals surface area contributed by atoms with Gasteiger partial charge in [0.1, 0.15) is 0 Å². The van der Waals surface area contributed by atoms with Gasteiger partial charge in [0.05, 0.1) is 22.8 Å². The number of rotatable bonds is 2. The van der Waals surface area contributed by atoms with Gasteiger partial charge in [-0.15, -0.1) is 11.3 Å². The van der Waals surface area contributed by atoms with E-state index in [-0.39, 0.29) is 5.56 Å². The predicted molar refractivity (Wildman–Crippen MR) is 64.3 cm³/mol. The van der Waals surface area contributed by atoms with Gasteiger partial charge in [0.25, 0.3) is 0 Å². The highest BCUT2D eigenvalue weighted by Gasteiger charge is 2.35. The molecule has 0 saturated carbocycles. The summed E-state index contributed by atoms with van der Waals surface area (Å²) >= 11 is 1.27. The van der Waals surface area contributed by atoms with Gasteiger partial charge < -0.3 is 5.73 Å². The Kier molecular flexibility index (Phi) is 3.41. The average molecular weight is 272 g/mol. The Labute approximate surface area is 106 Å². The molecule has 2 aromatic rings. The molecule has 18 heavy (non-hydrogen) atoms. The standard InChI is InChI=1S/C12H11F3N2S/c1-7-11(18-6-17-7)10(16)8-4-2-3-5-9(8)12(13,14)15/h2-6,10H,16H2,1H3. The van der Waals surface area contributed by atoms with Gasteiger partial charge in [0.2, 0.25) is 0 Å². The highest BCUT2D eigenvalue weighted by molar-refractivity contribution is 7.09. The minimum Gasteiger partial charge on any atom is -0.320 e. The number of benzene rings is 1. The van der Waals surface area contributed by atoms with Crippen LogP contribution in [-0.2, 0) is 6.18 Å². The van der Waals surface area contributed by atoms with Crippen LogP contribution in [0.15, 0.2) is 29.8 Å². The number of aromatic nitrogens is 1. The summed E-state index contributed by atoms with van der Waals surface area (Å²) in [7, 11) is 0. The van der Waals surface area contributed by atoms with Crippen LogP contribution in [0.5, 0.6) is 0 Å². The zero-order valence-electron chi connectivity index (χ0n) is 9.53. The molecule has 0 saturated heterocycles. The molecule has 1 aromatic heterocycles. The Hall–Kier alpha value is -1.40. The van der Waals surface area contributed by atoms with E-state index < -0.39 is 17.8 Å². The van der Waals surface area contributed by atoms with Crippen molar-refractivity contribution in [3.8, 4) is 0 Å². The van der Waals surface area contributed by atoms with Gasteiger partial charge >= 0.3 is 6.18 Å². The number of aryl methyl sites for hydroxylation is 1. The first kappa shape index (κ1) is 13.0. The van der Waals surface area contributed by atoms with E-state index in [1.54, 1.807) is 18.5 Å². The second-order valence-electron chi connectivity index (χ2n) is 3.86. The molecular weight excluding hydrogens is 261 g/mol. The normalized spacial score (nSPS) is 13.6. The van der Waals surface area contributed by atoms with Gasteiger partial charge in [0.15, 0.2) is 0 Å². The maximum absolute atomic E-state index is 12.9. The molecule has 1 atom stereocenters. The van der Waals surface area contributed by atoms with Crippen molar-refractivity contribution in [3.05, 3.63) is 51.5 Å². The molecule has 1 unspecified atom stereocenters. The fourth-order valence-corrected chi connectivity index (χ4v) is 2.60. The van der Waals surface area contributed by atoms with E-state index in [4.69, 9.17) is 5.73 Å². The van der Waals surface area contributed by atoms with Crippen molar-refractivity contribution in [2.45, 2.75) is 19.1 Å². The SMILES string of the molecule is Cc1ncsc1C(N)c1ccccc1C(F)(F)F. The third-order valence-corrected chi connectivity index (χ3v) is 3.68. The molecule has 2 rings (SSSR count). The lowest BCUT2D eigenvalue weighted by Gasteiger charge is -2.17. The van der Waals surface area contributed by atoms with Crippen LogP contribution in [0.4, 0.5) is 13.2 Å². The molecule has 2 N–H and O–H groups in total. The monoisotopic (exact) mass is 272 g/mol. The van der Waals surface area contributed by atoms with E-state index in [9.17, 15) is 13.2 Å². The fourth-order valence-electron chi connectivity index (χ4n) is 1.78. The molecule has 96 valence electrons. The molecule has 0 aliphatic heterocycles. The van der Waals surface area contributed by atoms with Crippen LogP contribution in [0.1, 0.15) is 27.7 Å². The lowest BCUT2D eigenvalue weighted by atomic mass is 9.99.